The van der Waals surface area contributed by atoms with E-state index in [1.54, 1.807) is 4.90 Å². The van der Waals surface area contributed by atoms with Crippen molar-refractivity contribution < 1.29 is 29.0 Å². The molecule has 3 aromatic carbocycles. The Morgan fingerprint density at radius 2 is 1.16 bits per heavy atom. The summed E-state index contributed by atoms with van der Waals surface area (Å²) in [7, 11) is 1.29. The minimum atomic E-state index is -1.21. The number of amides is 4. The van der Waals surface area contributed by atoms with Crippen molar-refractivity contribution in [1.82, 2.24) is 40.4 Å². The minimum Gasteiger partial charge on any atom is -0.465 e. The van der Waals surface area contributed by atoms with Gasteiger partial charge in [-0.3, -0.25) is 9.59 Å². The summed E-state index contributed by atoms with van der Waals surface area (Å²) in [6.45, 7) is 12.8. The molecule has 0 unspecified atom stereocenters. The molecule has 0 aliphatic carbocycles. The largest absolute Gasteiger partial charge is 0.465 e. The third kappa shape index (κ3) is 7.77. The summed E-state index contributed by atoms with van der Waals surface area (Å²) in [5.41, 5.74) is 9.90. The van der Waals surface area contributed by atoms with Crippen LogP contribution < -0.4 is 10.6 Å². The predicted molar refractivity (Wildman–Crippen MR) is 217 cm³/mol. The van der Waals surface area contributed by atoms with Crippen LogP contribution in [0.25, 0.3) is 44.3 Å². The van der Waals surface area contributed by atoms with Crippen LogP contribution in [0.3, 0.4) is 0 Å². The Labute approximate surface area is 331 Å². The highest BCUT2D eigenvalue weighted by atomic mass is 16.5. The monoisotopic (exact) mass is 776 g/mol. The molecule has 2 aliphatic rings. The number of methoxy groups -OCH3 is 1. The molecule has 14 nitrogen and oxygen atoms in total. The molecule has 2 fully saturated rings. The average Bonchev–Trinajstić information content (AvgIpc) is 4.00. The second kappa shape index (κ2) is 15.9. The van der Waals surface area contributed by atoms with E-state index in [0.29, 0.717) is 18.9 Å². The zero-order valence-electron chi connectivity index (χ0n) is 33.6. The molecule has 0 spiro atoms. The van der Waals surface area contributed by atoms with Crippen LogP contribution in [0, 0.1) is 25.7 Å². The number of rotatable bonds is 10. The van der Waals surface area contributed by atoms with Gasteiger partial charge in [0.15, 0.2) is 0 Å². The molecule has 7 rings (SSSR count). The van der Waals surface area contributed by atoms with Crippen LogP contribution in [0.2, 0.25) is 0 Å². The average molecular weight is 777 g/mol. The lowest BCUT2D eigenvalue weighted by molar-refractivity contribution is -0.136. The lowest BCUT2D eigenvalue weighted by Gasteiger charge is -2.29. The first-order chi connectivity index (χ1) is 27.2. The number of hydrogen-bond donors (Lipinski definition) is 5. The molecule has 2 aromatic heterocycles. The van der Waals surface area contributed by atoms with E-state index in [0.717, 1.165) is 87.0 Å². The van der Waals surface area contributed by atoms with Crippen LogP contribution in [0.15, 0.2) is 48.5 Å². The number of benzene rings is 3. The SMILES string of the molecule is COC(=O)N[C@H](C(=O)N1CCC[C@H]1c1nc2ccc(-c3cc(C)c(-c4ccc5nc([C@@H]6CCCN6C(=O)[C@@H](NC(=O)O)C(C)C)[nH]c5c4)cc3C)cc2[nH]1)C(C)C. The topological polar surface area (TPSA) is 186 Å². The zero-order chi connectivity index (χ0) is 40.7. The number of nitrogens with one attached hydrogen (secondary N) is 4. The van der Waals surface area contributed by atoms with Crippen molar-refractivity contribution in [3.63, 3.8) is 0 Å². The Balaban J connectivity index is 1.12. The molecule has 14 heteroatoms. The fourth-order valence-corrected chi connectivity index (χ4v) is 8.48. The van der Waals surface area contributed by atoms with E-state index in [2.05, 4.69) is 70.8 Å². The quantitative estimate of drug-likeness (QED) is 0.0972. The van der Waals surface area contributed by atoms with Crippen LogP contribution in [0.4, 0.5) is 9.59 Å². The molecule has 2 saturated heterocycles. The van der Waals surface area contributed by atoms with Crippen molar-refractivity contribution in [1.29, 1.82) is 0 Å². The number of carbonyl (C=O) groups excluding carboxylic acids is 3. The highest BCUT2D eigenvalue weighted by Gasteiger charge is 2.39. The number of nitrogens with zero attached hydrogens (tertiary/aromatic N) is 4. The third-order valence-electron chi connectivity index (χ3n) is 11.5. The number of likely N-dealkylation sites (tertiary alicyclic amines) is 2. The molecule has 0 radical (unpaired) electrons. The first-order valence-electron chi connectivity index (χ1n) is 19.8. The summed E-state index contributed by atoms with van der Waals surface area (Å²) in [6, 6.07) is 14.8. The molecule has 4 heterocycles. The lowest BCUT2D eigenvalue weighted by atomic mass is 9.91. The van der Waals surface area contributed by atoms with Gasteiger partial charge in [-0.15, -0.1) is 0 Å². The van der Waals surface area contributed by atoms with Gasteiger partial charge < -0.3 is 40.2 Å². The minimum absolute atomic E-state index is 0.114. The Hall–Kier alpha value is -5.92. The standard InChI is InChI=1S/C43H52N8O6/c1-22(2)36(48-42(54)55)40(52)50-16-8-10-34(50)38-44-30-14-12-26(20-32(30)46-38)28-18-25(6)29(19-24(28)5)27-13-15-31-33(21-27)47-39(45-31)35-11-9-17-51(35)41(53)37(23(3)4)49-43(56)57-7/h12-15,18-23,34-37,48H,8-11,16-17H2,1-7H3,(H,44,46)(H,45,47)(H,49,56)(H,54,55)/t34-,35-,36-,37-/m0/s1. The molecular formula is C43H52N8O6. The van der Waals surface area contributed by atoms with Crippen LogP contribution in [-0.4, -0.2) is 91.1 Å². The van der Waals surface area contributed by atoms with E-state index >= 15 is 0 Å². The van der Waals surface area contributed by atoms with Gasteiger partial charge in [0.05, 0.1) is 41.3 Å². The van der Waals surface area contributed by atoms with Crippen molar-refractivity contribution in [2.24, 2.45) is 11.8 Å². The van der Waals surface area contributed by atoms with Gasteiger partial charge in [-0.2, -0.15) is 0 Å². The Bertz CT molecular complexity index is 2350. The normalized spacial score (nSPS) is 18.1. The molecule has 4 amide bonds. The molecule has 5 N–H and O–H groups in total. The second-order valence-corrected chi connectivity index (χ2v) is 16.1. The van der Waals surface area contributed by atoms with Crippen LogP contribution in [0.5, 0.6) is 0 Å². The van der Waals surface area contributed by atoms with Gasteiger partial charge in [-0.25, -0.2) is 19.6 Å². The summed E-state index contributed by atoms with van der Waals surface area (Å²) in [4.78, 5) is 71.0. The molecule has 4 atom stereocenters. The number of fused-ring (bicyclic) bond motifs is 2. The van der Waals surface area contributed by atoms with Crippen molar-refractivity contribution >= 4 is 46.1 Å². The summed E-state index contributed by atoms with van der Waals surface area (Å²) >= 11 is 0. The number of aromatic amines is 2. The van der Waals surface area contributed by atoms with Gasteiger partial charge in [-0.05, 0) is 109 Å². The van der Waals surface area contributed by atoms with Gasteiger partial charge in [-0.1, -0.05) is 52.0 Å². The highest BCUT2D eigenvalue weighted by molar-refractivity contribution is 5.89. The fraction of sp³-hybridized carbons (Fsp3) is 0.442. The zero-order valence-corrected chi connectivity index (χ0v) is 33.6. The van der Waals surface area contributed by atoms with Crippen molar-refractivity contribution in [3.8, 4) is 22.3 Å². The molecule has 300 valence electrons. The molecule has 0 saturated carbocycles. The lowest BCUT2D eigenvalue weighted by Crippen LogP contribution is -2.51. The third-order valence-corrected chi connectivity index (χ3v) is 11.5. The van der Waals surface area contributed by atoms with E-state index in [1.165, 1.54) is 7.11 Å². The van der Waals surface area contributed by atoms with Gasteiger partial charge in [0.2, 0.25) is 11.8 Å². The maximum atomic E-state index is 13.7. The predicted octanol–water partition coefficient (Wildman–Crippen LogP) is 7.39. The van der Waals surface area contributed by atoms with E-state index in [-0.39, 0.29) is 35.7 Å². The summed E-state index contributed by atoms with van der Waals surface area (Å²) < 4.78 is 4.78. The number of ether oxygens (including phenoxy) is 1. The van der Waals surface area contributed by atoms with E-state index < -0.39 is 24.3 Å². The maximum absolute atomic E-state index is 13.7. The number of alkyl carbamates (subject to hydrolysis) is 1. The van der Waals surface area contributed by atoms with Crippen LogP contribution in [0.1, 0.15) is 88.2 Å². The number of carboxylic acid groups (broad SMARTS) is 1. The number of H-pyrrole nitrogens is 2. The van der Waals surface area contributed by atoms with Gasteiger partial charge in [0, 0.05) is 13.1 Å². The van der Waals surface area contributed by atoms with E-state index in [9.17, 15) is 24.3 Å². The van der Waals surface area contributed by atoms with E-state index in [4.69, 9.17) is 14.7 Å². The summed E-state index contributed by atoms with van der Waals surface area (Å²) in [5, 5.41) is 14.5. The van der Waals surface area contributed by atoms with Crippen molar-refractivity contribution in [2.45, 2.75) is 91.4 Å². The van der Waals surface area contributed by atoms with Crippen molar-refractivity contribution in [2.75, 3.05) is 20.2 Å². The Morgan fingerprint density at radius 1 is 0.719 bits per heavy atom. The molecule has 0 bridgehead atoms. The molecular weight excluding hydrogens is 725 g/mol. The number of carbonyl (C=O) groups is 4. The van der Waals surface area contributed by atoms with Gasteiger partial charge in [0.1, 0.15) is 23.7 Å². The molecule has 5 aromatic rings. The maximum Gasteiger partial charge on any atom is 0.407 e. The fourth-order valence-electron chi connectivity index (χ4n) is 8.48. The van der Waals surface area contributed by atoms with Crippen LogP contribution >= 0.6 is 0 Å². The Kier molecular flexibility index (Phi) is 11.0. The first-order valence-corrected chi connectivity index (χ1v) is 19.8. The molecule has 57 heavy (non-hydrogen) atoms. The van der Waals surface area contributed by atoms with E-state index in [1.807, 2.05) is 44.7 Å². The Morgan fingerprint density at radius 3 is 1.56 bits per heavy atom. The number of imidazole rings is 2. The smallest absolute Gasteiger partial charge is 0.407 e. The molecule has 2 aliphatic heterocycles. The van der Waals surface area contributed by atoms with Crippen LogP contribution in [-0.2, 0) is 14.3 Å². The van der Waals surface area contributed by atoms with Crippen molar-refractivity contribution in [3.05, 3.63) is 71.3 Å². The highest BCUT2D eigenvalue weighted by Crippen LogP contribution is 2.37. The number of aryl methyl sites for hydroxylation is 2. The number of hydrogen-bond acceptors (Lipinski definition) is 7. The van der Waals surface area contributed by atoms with Gasteiger partial charge >= 0.3 is 12.2 Å². The van der Waals surface area contributed by atoms with Gasteiger partial charge in [0.25, 0.3) is 0 Å². The first kappa shape index (κ1) is 39.3. The second-order valence-electron chi connectivity index (χ2n) is 16.1. The number of aromatic nitrogens is 4. The summed E-state index contributed by atoms with van der Waals surface area (Å²) in [5.74, 6) is 0.758. The summed E-state index contributed by atoms with van der Waals surface area (Å²) in [6.07, 6.45) is 1.33.